The highest BCUT2D eigenvalue weighted by molar-refractivity contribution is 5.94. The van der Waals surface area contributed by atoms with Gasteiger partial charge in [0.25, 0.3) is 11.5 Å². The third-order valence-electron chi connectivity index (χ3n) is 6.72. The Kier molecular flexibility index (Phi) is 6.30. The first-order valence-electron chi connectivity index (χ1n) is 11.7. The second-order valence-electron chi connectivity index (χ2n) is 8.81. The van der Waals surface area contributed by atoms with Crippen molar-refractivity contribution in [2.24, 2.45) is 0 Å². The molecule has 0 atom stereocenters. The van der Waals surface area contributed by atoms with Crippen LogP contribution in [0.2, 0.25) is 0 Å². The van der Waals surface area contributed by atoms with E-state index < -0.39 is 0 Å². The van der Waals surface area contributed by atoms with Crippen LogP contribution in [0.25, 0.3) is 5.52 Å². The van der Waals surface area contributed by atoms with E-state index in [-0.39, 0.29) is 17.0 Å². The van der Waals surface area contributed by atoms with Gasteiger partial charge in [0.2, 0.25) is 0 Å². The third kappa shape index (κ3) is 4.40. The van der Waals surface area contributed by atoms with Crippen LogP contribution in [0.15, 0.2) is 59.5 Å². The molecule has 174 valence electrons. The van der Waals surface area contributed by atoms with E-state index in [1.807, 2.05) is 48.5 Å². The summed E-state index contributed by atoms with van der Waals surface area (Å²) < 4.78 is 1.61. The number of nitrogens with one attached hydrogen (secondary N) is 1. The molecule has 8 heteroatoms. The first-order chi connectivity index (χ1) is 16.6. The zero-order chi connectivity index (χ0) is 23.5. The Bertz CT molecular complexity index is 1280. The number of nitrogens with zero attached hydrogens (tertiary/aromatic N) is 5. The summed E-state index contributed by atoms with van der Waals surface area (Å²) >= 11 is 0. The van der Waals surface area contributed by atoms with Crippen LogP contribution in [0.1, 0.15) is 21.5 Å². The first-order valence-corrected chi connectivity index (χ1v) is 11.7. The number of carbonyl (C=O) groups excluding carboxylic acids is 1. The molecule has 0 spiro atoms. The maximum Gasteiger partial charge on any atom is 0.267 e. The minimum atomic E-state index is -0.256. The van der Waals surface area contributed by atoms with Gasteiger partial charge in [-0.3, -0.25) is 18.9 Å². The van der Waals surface area contributed by atoms with Gasteiger partial charge in [0.05, 0.1) is 17.1 Å². The summed E-state index contributed by atoms with van der Waals surface area (Å²) in [7, 11) is 0. The van der Waals surface area contributed by atoms with E-state index in [1.54, 1.807) is 15.5 Å². The first kappa shape index (κ1) is 22.1. The maximum atomic E-state index is 13.2. The highest BCUT2D eigenvalue weighted by Crippen LogP contribution is 2.20. The number of pyridine rings is 2. The standard InChI is InChI=1S/C26H28N6O2/c27-18-20-4-6-22(7-5-20)30-15-13-29(14-16-30)19-21-17-23(25(33)31-11-8-28-9-12-31)26(34)32-10-2-1-3-24(21)32/h1-7,10,17,28H,8-9,11-16,19H2. The lowest BCUT2D eigenvalue weighted by Gasteiger charge is -2.36. The highest BCUT2D eigenvalue weighted by atomic mass is 16.2. The Morgan fingerprint density at radius 3 is 2.41 bits per heavy atom. The van der Waals surface area contributed by atoms with Crippen molar-refractivity contribution in [2.75, 3.05) is 57.3 Å². The minimum Gasteiger partial charge on any atom is -0.369 e. The number of carbonyl (C=O) groups is 1. The van der Waals surface area contributed by atoms with Gasteiger partial charge in [-0.15, -0.1) is 0 Å². The van der Waals surface area contributed by atoms with E-state index >= 15 is 0 Å². The zero-order valence-electron chi connectivity index (χ0n) is 19.1. The molecule has 2 saturated heterocycles. The fraction of sp³-hybridized carbons (Fsp3) is 0.346. The normalized spacial score (nSPS) is 17.0. The Labute approximate surface area is 198 Å². The van der Waals surface area contributed by atoms with Gasteiger partial charge in [-0.25, -0.2) is 0 Å². The lowest BCUT2D eigenvalue weighted by atomic mass is 10.1. The number of hydrogen-bond acceptors (Lipinski definition) is 6. The largest absolute Gasteiger partial charge is 0.369 e. The molecule has 2 aliphatic rings. The zero-order valence-corrected chi connectivity index (χ0v) is 19.1. The van der Waals surface area contributed by atoms with Gasteiger partial charge in [0.15, 0.2) is 0 Å². The lowest BCUT2D eigenvalue weighted by Crippen LogP contribution is -2.48. The summed E-state index contributed by atoms with van der Waals surface area (Å²) in [5.41, 5.74) is 3.62. The predicted molar refractivity (Wildman–Crippen MR) is 131 cm³/mol. The van der Waals surface area contributed by atoms with E-state index in [9.17, 15) is 9.59 Å². The Morgan fingerprint density at radius 2 is 1.71 bits per heavy atom. The van der Waals surface area contributed by atoms with Gasteiger partial charge in [-0.1, -0.05) is 6.07 Å². The topological polar surface area (TPSA) is 84.1 Å². The molecule has 8 nitrogen and oxygen atoms in total. The highest BCUT2D eigenvalue weighted by Gasteiger charge is 2.24. The molecule has 1 N–H and O–H groups in total. The molecule has 0 saturated carbocycles. The molecule has 0 aliphatic carbocycles. The van der Waals surface area contributed by atoms with Crippen molar-refractivity contribution in [3.63, 3.8) is 0 Å². The van der Waals surface area contributed by atoms with Gasteiger partial charge in [-0.05, 0) is 48.0 Å². The van der Waals surface area contributed by atoms with Gasteiger partial charge < -0.3 is 15.1 Å². The summed E-state index contributed by atoms with van der Waals surface area (Å²) in [6.45, 7) is 6.90. The fourth-order valence-electron chi connectivity index (χ4n) is 4.79. The molecule has 3 aromatic rings. The molecule has 5 rings (SSSR count). The van der Waals surface area contributed by atoms with E-state index in [2.05, 4.69) is 21.2 Å². The van der Waals surface area contributed by atoms with E-state index in [0.29, 0.717) is 25.2 Å². The van der Waals surface area contributed by atoms with Crippen LogP contribution < -0.4 is 15.8 Å². The van der Waals surface area contributed by atoms with Crippen LogP contribution in [-0.2, 0) is 6.54 Å². The molecule has 0 unspecified atom stereocenters. The molecular formula is C26H28N6O2. The van der Waals surface area contributed by atoms with E-state index in [1.165, 1.54) is 0 Å². The number of hydrogen-bond donors (Lipinski definition) is 1. The van der Waals surface area contributed by atoms with Crippen molar-refractivity contribution in [3.8, 4) is 6.07 Å². The molecule has 2 aromatic heterocycles. The molecule has 4 heterocycles. The van der Waals surface area contributed by atoms with Crippen molar-refractivity contribution in [2.45, 2.75) is 6.54 Å². The third-order valence-corrected chi connectivity index (χ3v) is 6.72. The summed E-state index contributed by atoms with van der Waals surface area (Å²) in [5, 5.41) is 12.3. The smallest absolute Gasteiger partial charge is 0.267 e. The SMILES string of the molecule is N#Cc1ccc(N2CCN(Cc3cc(C(=O)N4CCNCC4)c(=O)n4ccccc34)CC2)cc1. The molecule has 2 aliphatic heterocycles. The maximum absolute atomic E-state index is 13.2. The lowest BCUT2D eigenvalue weighted by molar-refractivity contribution is 0.0733. The van der Waals surface area contributed by atoms with Gasteiger partial charge in [0, 0.05) is 70.8 Å². The molecule has 2 fully saturated rings. The number of nitriles is 1. The summed E-state index contributed by atoms with van der Waals surface area (Å²) in [5.74, 6) is -0.184. The summed E-state index contributed by atoms with van der Waals surface area (Å²) in [6, 6.07) is 17.4. The van der Waals surface area contributed by atoms with Crippen LogP contribution >= 0.6 is 0 Å². The van der Waals surface area contributed by atoms with Crippen molar-refractivity contribution in [3.05, 3.63) is 81.8 Å². The molecular weight excluding hydrogens is 428 g/mol. The predicted octanol–water partition coefficient (Wildman–Crippen LogP) is 1.54. The second-order valence-corrected chi connectivity index (χ2v) is 8.81. The van der Waals surface area contributed by atoms with Crippen molar-refractivity contribution in [1.82, 2.24) is 19.5 Å². The summed E-state index contributed by atoms with van der Waals surface area (Å²) in [6.07, 6.45) is 1.75. The van der Waals surface area contributed by atoms with E-state index in [0.717, 1.165) is 56.0 Å². The van der Waals surface area contributed by atoms with Crippen molar-refractivity contribution >= 4 is 17.1 Å². The molecule has 1 amide bonds. The number of anilines is 1. The molecule has 0 radical (unpaired) electrons. The molecule has 34 heavy (non-hydrogen) atoms. The number of aromatic nitrogens is 1. The van der Waals surface area contributed by atoms with Gasteiger partial charge >= 0.3 is 0 Å². The number of piperazine rings is 2. The molecule has 0 bridgehead atoms. The number of benzene rings is 1. The van der Waals surface area contributed by atoms with Crippen LogP contribution in [0.5, 0.6) is 0 Å². The number of fused-ring (bicyclic) bond motifs is 1. The van der Waals surface area contributed by atoms with Crippen LogP contribution in [0.3, 0.4) is 0 Å². The van der Waals surface area contributed by atoms with Crippen LogP contribution in [0.4, 0.5) is 5.69 Å². The van der Waals surface area contributed by atoms with Crippen LogP contribution in [-0.4, -0.2) is 72.5 Å². The Morgan fingerprint density at radius 1 is 0.971 bits per heavy atom. The average Bonchev–Trinajstić information content (AvgIpc) is 2.91. The van der Waals surface area contributed by atoms with Crippen molar-refractivity contribution in [1.29, 1.82) is 5.26 Å². The van der Waals surface area contributed by atoms with Crippen molar-refractivity contribution < 1.29 is 4.79 Å². The summed E-state index contributed by atoms with van der Waals surface area (Å²) in [4.78, 5) is 32.8. The van der Waals surface area contributed by atoms with Crippen LogP contribution in [0, 0.1) is 11.3 Å². The fourth-order valence-corrected chi connectivity index (χ4v) is 4.79. The minimum absolute atomic E-state index is 0.184. The number of rotatable bonds is 4. The Balaban J connectivity index is 1.36. The molecule has 1 aromatic carbocycles. The number of amides is 1. The Hall–Kier alpha value is -3.67. The van der Waals surface area contributed by atoms with Gasteiger partial charge in [-0.2, -0.15) is 5.26 Å². The quantitative estimate of drug-likeness (QED) is 0.641. The monoisotopic (exact) mass is 456 g/mol. The van der Waals surface area contributed by atoms with Gasteiger partial charge in [0.1, 0.15) is 5.56 Å². The second kappa shape index (κ2) is 9.67. The average molecular weight is 457 g/mol. The van der Waals surface area contributed by atoms with E-state index in [4.69, 9.17) is 5.26 Å².